The Bertz CT molecular complexity index is 4610. The molecule has 0 fully saturated rings. The van der Waals surface area contributed by atoms with Crippen LogP contribution in [-0.4, -0.2) is 41.1 Å². The average molecular weight is 1430 g/mol. The van der Waals surface area contributed by atoms with Crippen molar-refractivity contribution in [3.8, 4) is 0 Å². The molecule has 10 heteroatoms. The Kier molecular flexibility index (Phi) is 32.6. The number of hydrogen-bond donors (Lipinski definition) is 0. The Balaban J connectivity index is 0.000000166. The first-order chi connectivity index (χ1) is 52.2. The highest BCUT2D eigenvalue weighted by Gasteiger charge is 2.12. The highest BCUT2D eigenvalue weighted by molar-refractivity contribution is 5.89. The van der Waals surface area contributed by atoms with E-state index in [9.17, 15) is 0 Å². The lowest BCUT2D eigenvalue weighted by Gasteiger charge is -2.13. The van der Waals surface area contributed by atoms with Crippen molar-refractivity contribution in [1.29, 1.82) is 0 Å². The molecule has 0 unspecified atom stereocenters. The number of aliphatic imine (C=N–C) groups is 1. The molecule has 0 radical (unpaired) electrons. The van der Waals surface area contributed by atoms with Gasteiger partial charge in [-0.3, -0.25) is 39.9 Å². The van der Waals surface area contributed by atoms with Crippen molar-refractivity contribution in [2.24, 2.45) is 15.2 Å². The lowest BCUT2D eigenvalue weighted by atomic mass is 9.96. The van der Waals surface area contributed by atoms with Gasteiger partial charge in [-0.1, -0.05) is 180 Å². The Morgan fingerprint density at radius 3 is 1.22 bits per heavy atom. The van der Waals surface area contributed by atoms with Crippen LogP contribution < -0.4 is 0 Å². The Morgan fingerprint density at radius 1 is 0.315 bits per heavy atom. The minimum atomic E-state index is 0.973. The first-order valence-electron chi connectivity index (χ1n) is 38.8. The molecular formula is C98H114N10. The fraction of sp³-hybridized carbons (Fsp3) is 0.306. The number of azo groups is 1. The van der Waals surface area contributed by atoms with Gasteiger partial charge in [-0.25, -0.2) is 0 Å². The summed E-state index contributed by atoms with van der Waals surface area (Å²) in [6.07, 6.45) is 27.0. The van der Waals surface area contributed by atoms with Gasteiger partial charge < -0.3 is 0 Å². The molecule has 0 aliphatic heterocycles. The van der Waals surface area contributed by atoms with Gasteiger partial charge in [0.05, 0.1) is 44.6 Å². The molecule has 6 heterocycles. The van der Waals surface area contributed by atoms with Crippen LogP contribution in [0.25, 0.3) is 54.5 Å². The zero-order valence-electron chi connectivity index (χ0n) is 67.7. The number of benzene rings is 8. The number of aryl methyl sites for hydroxylation is 18. The van der Waals surface area contributed by atoms with Crippen LogP contribution in [0, 0.1) is 96.9 Å². The minimum Gasteiger partial charge on any atom is -0.264 e. The summed E-state index contributed by atoms with van der Waals surface area (Å²) in [6, 6.07) is 61.1. The average Bonchev–Trinajstić information content (AvgIpc) is 0.830. The van der Waals surface area contributed by atoms with Gasteiger partial charge >= 0.3 is 0 Å². The van der Waals surface area contributed by atoms with Crippen LogP contribution in [-0.2, 0) is 25.7 Å². The third kappa shape index (κ3) is 24.6. The van der Waals surface area contributed by atoms with Crippen LogP contribution in [0.1, 0.15) is 185 Å². The van der Waals surface area contributed by atoms with E-state index in [1.54, 1.807) is 12.4 Å². The summed E-state index contributed by atoms with van der Waals surface area (Å²) in [5.41, 5.74) is 32.2. The summed E-state index contributed by atoms with van der Waals surface area (Å²) in [5.74, 6) is 0. The molecule has 8 aromatic carbocycles. The quantitative estimate of drug-likeness (QED) is 0.0696. The maximum absolute atomic E-state index is 4.88. The van der Waals surface area contributed by atoms with Crippen molar-refractivity contribution in [2.75, 3.05) is 0 Å². The highest BCUT2D eigenvalue weighted by atomic mass is 15.1. The first-order valence-corrected chi connectivity index (χ1v) is 38.8. The summed E-state index contributed by atoms with van der Waals surface area (Å²) in [6.45, 7) is 38.4. The fourth-order valence-electron chi connectivity index (χ4n) is 12.7. The van der Waals surface area contributed by atoms with E-state index >= 15 is 0 Å². The molecule has 0 saturated carbocycles. The molecule has 14 rings (SSSR count). The van der Waals surface area contributed by atoms with Crippen LogP contribution in [0.15, 0.2) is 228 Å². The second-order valence-corrected chi connectivity index (χ2v) is 28.6. The fourth-order valence-corrected chi connectivity index (χ4v) is 12.7. The number of nitrogens with zero attached hydrogens (tertiary/aromatic N) is 10. The van der Waals surface area contributed by atoms with Crippen LogP contribution in [0.5, 0.6) is 0 Å². The molecule has 0 aliphatic rings. The maximum Gasteiger partial charge on any atom is 0.0918 e. The van der Waals surface area contributed by atoms with E-state index in [1.165, 1.54) is 162 Å². The molecule has 0 N–H and O–H groups in total. The first kappa shape index (κ1) is 82.8. The van der Waals surface area contributed by atoms with Crippen molar-refractivity contribution in [1.82, 2.24) is 34.9 Å². The second kappa shape index (κ2) is 42.5. The van der Waals surface area contributed by atoms with Gasteiger partial charge in [-0.05, 0) is 298 Å². The van der Waals surface area contributed by atoms with Crippen molar-refractivity contribution in [3.05, 3.63) is 319 Å². The number of rotatable bonds is 16. The molecule has 0 saturated heterocycles. The zero-order valence-corrected chi connectivity index (χ0v) is 67.7. The van der Waals surface area contributed by atoms with E-state index in [0.29, 0.717) is 0 Å². The maximum atomic E-state index is 4.88. The number of aromatic nitrogens is 7. The summed E-state index contributed by atoms with van der Waals surface area (Å²) in [7, 11) is 0. The summed E-state index contributed by atoms with van der Waals surface area (Å²) in [5, 5.41) is 16.2. The van der Waals surface area contributed by atoms with Crippen molar-refractivity contribution >= 4 is 77.8 Å². The van der Waals surface area contributed by atoms with E-state index in [0.717, 1.165) is 93.0 Å². The van der Waals surface area contributed by atoms with Gasteiger partial charge in [0.25, 0.3) is 0 Å². The molecule has 0 aliphatic carbocycles. The predicted molar refractivity (Wildman–Crippen MR) is 462 cm³/mol. The second-order valence-electron chi connectivity index (χ2n) is 28.6. The monoisotopic (exact) mass is 1430 g/mol. The van der Waals surface area contributed by atoms with E-state index < -0.39 is 0 Å². The molecule has 0 amide bonds. The van der Waals surface area contributed by atoms with Gasteiger partial charge in [0.15, 0.2) is 0 Å². The normalized spacial score (nSPS) is 10.9. The third-order valence-corrected chi connectivity index (χ3v) is 19.5. The minimum absolute atomic E-state index is 0.973. The molecule has 108 heavy (non-hydrogen) atoms. The molecule has 0 bridgehead atoms. The van der Waals surface area contributed by atoms with Crippen molar-refractivity contribution in [2.45, 2.75) is 202 Å². The molecule has 556 valence electrons. The number of pyridine rings is 5. The molecule has 0 atom stereocenters. The number of fused-ring (bicyclic) bond motifs is 5. The van der Waals surface area contributed by atoms with Crippen LogP contribution in [0.3, 0.4) is 0 Å². The molecule has 14 aromatic rings. The summed E-state index contributed by atoms with van der Waals surface area (Å²) < 4.78 is 0. The van der Waals surface area contributed by atoms with Gasteiger partial charge in [-0.2, -0.15) is 10.2 Å². The molecule has 10 nitrogen and oxygen atoms in total. The molecular weight excluding hydrogens is 1320 g/mol. The molecule has 6 aromatic heterocycles. The lowest BCUT2D eigenvalue weighted by molar-refractivity contribution is 0.779. The largest absolute Gasteiger partial charge is 0.264 e. The number of unbranched alkanes of at least 4 members (excludes halogenated alkanes) is 4. The molecule has 0 spiro atoms. The van der Waals surface area contributed by atoms with E-state index in [2.05, 4.69) is 277 Å². The Morgan fingerprint density at radius 2 is 0.741 bits per heavy atom. The van der Waals surface area contributed by atoms with E-state index in [1.807, 2.05) is 94.2 Å². The highest BCUT2D eigenvalue weighted by Crippen LogP contribution is 2.33. The lowest BCUT2D eigenvalue weighted by Crippen LogP contribution is -1.95. The van der Waals surface area contributed by atoms with Gasteiger partial charge in [0.2, 0.25) is 0 Å². The Hall–Kier alpha value is -10.8. The summed E-state index contributed by atoms with van der Waals surface area (Å²) >= 11 is 0. The van der Waals surface area contributed by atoms with Crippen molar-refractivity contribution < 1.29 is 0 Å². The van der Waals surface area contributed by atoms with Gasteiger partial charge in [0, 0.05) is 76.6 Å². The third-order valence-electron chi connectivity index (χ3n) is 19.5. The van der Waals surface area contributed by atoms with E-state index in [4.69, 9.17) is 10.2 Å². The van der Waals surface area contributed by atoms with Gasteiger partial charge in [-0.15, -0.1) is 0 Å². The topological polar surface area (TPSA) is 127 Å². The summed E-state index contributed by atoms with van der Waals surface area (Å²) in [4.78, 5) is 34.5. The smallest absolute Gasteiger partial charge is 0.0918 e. The standard InChI is InChI=1S/C30H46N2.C15H15N.3C11H11N.2C10H10N2/c1-7-11-15-25-21-29(27(17-13-9-3)19-23(25)5)31-32-30-22-26(16-12-8-2)24(6)20-28(30)18-14-10-4;1-12-3-7-14(8-4-12)11-16-15-9-5-13(2)6-10-15;1-8-3-4-9(2)11-7-12-6-5-10(8)11;1-8-5-6-9(2)11-10(8)4-3-7-12-11;1-8-7-12-9(2)11-6-4-3-5-10(8)11;1-7-3-5-10-9(11-7)6-4-8(2)12-10;1-7-3-4-8(2)10-9(7)11-5-6-12-10/h19-22H,7-18H2,1-6H3;3-11H,1-2H3;3*3-7H,1-2H3;2*3-6H,1-2H3. The van der Waals surface area contributed by atoms with E-state index in [-0.39, 0.29) is 0 Å². The number of hydrogen-bond acceptors (Lipinski definition) is 10. The SMILES string of the molecule is CCCCc1cc(N=Nc2cc(CCCC)c(C)cc2CCCC)c(CCCC)cc1C.Cc1ccc(C)c2cnccc12.Cc1ccc(C)c2ncccc12.Cc1ccc(C)c2nccnc12.Cc1ccc(C=Nc2ccc(C)cc2)cc1.Cc1ccc2nc(C)ccc2n1.Cc1cnc(C)c2ccccc12. The van der Waals surface area contributed by atoms with Crippen LogP contribution in [0.4, 0.5) is 17.1 Å². The predicted octanol–water partition coefficient (Wildman–Crippen LogP) is 27.2. The Labute approximate surface area is 645 Å². The van der Waals surface area contributed by atoms with Gasteiger partial charge in [0.1, 0.15) is 0 Å². The van der Waals surface area contributed by atoms with Crippen molar-refractivity contribution in [3.63, 3.8) is 0 Å². The van der Waals surface area contributed by atoms with Crippen LogP contribution >= 0.6 is 0 Å². The zero-order chi connectivity index (χ0) is 77.5. The van der Waals surface area contributed by atoms with Crippen LogP contribution in [0.2, 0.25) is 0 Å².